The summed E-state index contributed by atoms with van der Waals surface area (Å²) in [5, 5.41) is 1.46. The van der Waals surface area contributed by atoms with Gasteiger partial charge < -0.3 is 0 Å². The van der Waals surface area contributed by atoms with E-state index in [1.807, 2.05) is 0 Å². The molecule has 0 amide bonds. The Balaban J connectivity index is 2.51. The molecule has 15 heavy (non-hydrogen) atoms. The lowest BCUT2D eigenvalue weighted by Gasteiger charge is -2.14. The average molecular weight is 239 g/mol. The number of hydrogen-bond donors (Lipinski definition) is 0. The van der Waals surface area contributed by atoms with Gasteiger partial charge in [0.25, 0.3) is 0 Å². The molecule has 2 heteroatoms. The van der Waals surface area contributed by atoms with E-state index in [1.54, 1.807) is 0 Å². The van der Waals surface area contributed by atoms with E-state index < -0.39 is 8.07 Å². The molecule has 0 aromatic heterocycles. The van der Waals surface area contributed by atoms with E-state index in [0.717, 1.165) is 0 Å². The molecular weight excluding hydrogens is 216 g/mol. The van der Waals surface area contributed by atoms with E-state index in [-0.39, 0.29) is 0 Å². The lowest BCUT2D eigenvalue weighted by molar-refractivity contribution is 1.36. The maximum absolute atomic E-state index is 2.46. The second kappa shape index (κ2) is 5.22. The van der Waals surface area contributed by atoms with Gasteiger partial charge in [-0.1, -0.05) is 49.5 Å². The van der Waals surface area contributed by atoms with Crippen molar-refractivity contribution in [2.45, 2.75) is 32.3 Å². The first-order valence-electron chi connectivity index (χ1n) is 5.51. The van der Waals surface area contributed by atoms with Gasteiger partial charge in [0.1, 0.15) is 13.8 Å². The van der Waals surface area contributed by atoms with E-state index in [4.69, 9.17) is 0 Å². The van der Waals surface area contributed by atoms with Crippen LogP contribution in [0, 0.1) is 6.92 Å². The highest BCUT2D eigenvalue weighted by Gasteiger charge is 2.24. The average Bonchev–Trinajstić information content (AvgIpc) is 2.05. The fraction of sp³-hybridized carbons (Fsp3) is 0.538. The van der Waals surface area contributed by atoms with Gasteiger partial charge in [0.05, 0.1) is 11.6 Å². The quantitative estimate of drug-likeness (QED) is 0.556. The van der Waals surface area contributed by atoms with Gasteiger partial charge in [-0.05, 0) is 17.8 Å². The molecule has 84 valence electrons. The van der Waals surface area contributed by atoms with Crippen LogP contribution in [0.5, 0.6) is 0 Å². The molecule has 1 aromatic carbocycles. The standard InChI is InChI=1S/C13H23SSi/c1-12-6-8-13(9-7-12)10-14(2)11-15(3,4)5/h6-9H,10-11H2,1-5H3/q+1. The molecule has 0 aliphatic rings. The molecule has 0 radical (unpaired) electrons. The number of benzene rings is 1. The van der Waals surface area contributed by atoms with Crippen molar-refractivity contribution in [2.24, 2.45) is 0 Å². The molecule has 0 heterocycles. The molecule has 1 unspecified atom stereocenters. The van der Waals surface area contributed by atoms with E-state index in [0.29, 0.717) is 10.9 Å². The van der Waals surface area contributed by atoms with Gasteiger partial charge in [-0.25, -0.2) is 0 Å². The van der Waals surface area contributed by atoms with Gasteiger partial charge in [-0.2, -0.15) is 0 Å². The van der Waals surface area contributed by atoms with Crippen molar-refractivity contribution in [3.05, 3.63) is 35.4 Å². The van der Waals surface area contributed by atoms with Crippen LogP contribution in [-0.2, 0) is 16.6 Å². The van der Waals surface area contributed by atoms with Crippen LogP contribution in [0.1, 0.15) is 11.1 Å². The maximum atomic E-state index is 2.46. The van der Waals surface area contributed by atoms with Crippen molar-refractivity contribution in [2.75, 3.05) is 11.6 Å². The second-order valence-corrected chi connectivity index (χ2v) is 13.7. The first-order valence-corrected chi connectivity index (χ1v) is 11.2. The third kappa shape index (κ3) is 5.43. The molecule has 0 N–H and O–H groups in total. The Morgan fingerprint density at radius 3 is 2.07 bits per heavy atom. The van der Waals surface area contributed by atoms with Crippen molar-refractivity contribution >= 4 is 19.0 Å². The van der Waals surface area contributed by atoms with E-state index >= 15 is 0 Å². The fourth-order valence-corrected chi connectivity index (χ4v) is 8.84. The van der Waals surface area contributed by atoms with Crippen molar-refractivity contribution in [3.8, 4) is 0 Å². The van der Waals surface area contributed by atoms with Crippen LogP contribution >= 0.6 is 0 Å². The summed E-state index contributed by atoms with van der Waals surface area (Å²) in [6, 6.07) is 9.01. The number of hydrogen-bond acceptors (Lipinski definition) is 0. The van der Waals surface area contributed by atoms with Crippen molar-refractivity contribution in [1.29, 1.82) is 0 Å². The molecular formula is C13H23SSi+. The molecule has 0 aliphatic heterocycles. The molecule has 1 aromatic rings. The minimum Gasteiger partial charge on any atom is -0.0653 e. The van der Waals surface area contributed by atoms with Crippen molar-refractivity contribution in [1.82, 2.24) is 0 Å². The Bertz CT molecular complexity index is 297. The van der Waals surface area contributed by atoms with Crippen LogP contribution in [0.2, 0.25) is 19.6 Å². The van der Waals surface area contributed by atoms with Gasteiger partial charge >= 0.3 is 0 Å². The van der Waals surface area contributed by atoms with Crippen LogP contribution in [0.3, 0.4) is 0 Å². The minimum absolute atomic E-state index is 0.565. The highest BCUT2D eigenvalue weighted by Crippen LogP contribution is 2.13. The molecule has 0 fully saturated rings. The summed E-state index contributed by atoms with van der Waals surface area (Å²) in [6.45, 7) is 9.54. The summed E-state index contributed by atoms with van der Waals surface area (Å²) in [5.74, 6) is 1.27. The van der Waals surface area contributed by atoms with Crippen LogP contribution in [0.25, 0.3) is 0 Å². The second-order valence-electron chi connectivity index (χ2n) is 5.62. The molecule has 0 saturated heterocycles. The smallest absolute Gasteiger partial charge is 0.0653 e. The zero-order valence-electron chi connectivity index (χ0n) is 10.6. The van der Waals surface area contributed by atoms with E-state index in [2.05, 4.69) is 57.1 Å². The topological polar surface area (TPSA) is 0 Å². The number of aryl methyl sites for hydroxylation is 1. The van der Waals surface area contributed by atoms with Gasteiger partial charge in [0, 0.05) is 5.56 Å². The third-order valence-corrected chi connectivity index (χ3v) is 8.47. The summed E-state index contributed by atoms with van der Waals surface area (Å²) in [7, 11) is -0.308. The van der Waals surface area contributed by atoms with Crippen LogP contribution < -0.4 is 0 Å². The first-order chi connectivity index (χ1) is 6.87. The Morgan fingerprint density at radius 2 is 1.60 bits per heavy atom. The van der Waals surface area contributed by atoms with E-state index in [1.165, 1.54) is 22.3 Å². The highest BCUT2D eigenvalue weighted by molar-refractivity contribution is 7.97. The van der Waals surface area contributed by atoms with Crippen LogP contribution in [-0.4, -0.2) is 19.7 Å². The fourth-order valence-electron chi connectivity index (χ4n) is 1.76. The molecule has 0 nitrogen and oxygen atoms in total. The largest absolute Gasteiger partial charge is 0.132 e. The summed E-state index contributed by atoms with van der Waals surface area (Å²) in [4.78, 5) is 0. The summed E-state index contributed by atoms with van der Waals surface area (Å²) in [6.07, 6.45) is 2.41. The zero-order valence-corrected chi connectivity index (χ0v) is 12.4. The third-order valence-electron chi connectivity index (χ3n) is 2.21. The van der Waals surface area contributed by atoms with Gasteiger partial charge in [-0.15, -0.1) is 0 Å². The van der Waals surface area contributed by atoms with Gasteiger partial charge in [0.15, 0.2) is 0 Å². The van der Waals surface area contributed by atoms with Gasteiger partial charge in [-0.3, -0.25) is 0 Å². The van der Waals surface area contributed by atoms with Crippen molar-refractivity contribution < 1.29 is 0 Å². The lowest BCUT2D eigenvalue weighted by atomic mass is 10.2. The maximum Gasteiger partial charge on any atom is 0.132 e. The highest BCUT2D eigenvalue weighted by atomic mass is 32.2. The molecule has 0 bridgehead atoms. The summed E-state index contributed by atoms with van der Waals surface area (Å²) < 4.78 is 0. The predicted octanol–water partition coefficient (Wildman–Crippen LogP) is 3.62. The lowest BCUT2D eigenvalue weighted by Crippen LogP contribution is -2.32. The van der Waals surface area contributed by atoms with Crippen LogP contribution in [0.15, 0.2) is 24.3 Å². The van der Waals surface area contributed by atoms with Crippen molar-refractivity contribution in [3.63, 3.8) is 0 Å². The zero-order chi connectivity index (χ0) is 11.5. The Morgan fingerprint density at radius 1 is 1.07 bits per heavy atom. The predicted molar refractivity (Wildman–Crippen MR) is 76.4 cm³/mol. The first kappa shape index (κ1) is 12.9. The monoisotopic (exact) mass is 239 g/mol. The summed E-state index contributed by atoms with van der Waals surface area (Å²) in [5.41, 5.74) is 2.87. The summed E-state index contributed by atoms with van der Waals surface area (Å²) >= 11 is 0. The Labute approximate surface area is 98.5 Å². The number of rotatable bonds is 4. The van der Waals surface area contributed by atoms with Gasteiger partial charge in [0.2, 0.25) is 0 Å². The molecule has 0 saturated carbocycles. The van der Waals surface area contributed by atoms with E-state index in [9.17, 15) is 0 Å². The Kier molecular flexibility index (Phi) is 4.47. The SMILES string of the molecule is Cc1ccc(C[S+](C)C[Si](C)(C)C)cc1. The molecule has 1 rings (SSSR count). The Hall–Kier alpha value is -0.213. The van der Waals surface area contributed by atoms with Crippen LogP contribution in [0.4, 0.5) is 0 Å². The minimum atomic E-state index is -0.873. The molecule has 0 spiro atoms. The molecule has 1 atom stereocenters. The molecule has 0 aliphatic carbocycles. The normalized spacial score (nSPS) is 13.9.